The van der Waals surface area contributed by atoms with Crippen LogP contribution in [0.4, 0.5) is 13.2 Å². The van der Waals surface area contributed by atoms with Crippen LogP contribution < -0.4 is 4.74 Å². The van der Waals surface area contributed by atoms with Crippen LogP contribution >= 0.6 is 23.2 Å². The van der Waals surface area contributed by atoms with Crippen LogP contribution in [0.2, 0.25) is 10.4 Å². The van der Waals surface area contributed by atoms with Gasteiger partial charge >= 0.3 is 0 Å². The Morgan fingerprint density at radius 1 is 1.00 bits per heavy atom. The highest BCUT2D eigenvalue weighted by atomic mass is 35.5. The fourth-order valence-electron chi connectivity index (χ4n) is 2.32. The number of benzene rings is 2. The van der Waals surface area contributed by atoms with E-state index in [9.17, 15) is 13.2 Å². The third kappa shape index (κ3) is 2.83. The van der Waals surface area contributed by atoms with Crippen LogP contribution in [0, 0.1) is 17.5 Å². The van der Waals surface area contributed by atoms with Crippen molar-refractivity contribution in [1.29, 1.82) is 0 Å². The van der Waals surface area contributed by atoms with Gasteiger partial charge in [0.2, 0.25) is 5.28 Å². The molecule has 0 aliphatic heterocycles. The summed E-state index contributed by atoms with van der Waals surface area (Å²) >= 11 is 12.1. The number of nitrogens with zero attached hydrogens (tertiary/aromatic N) is 2. The summed E-state index contributed by atoms with van der Waals surface area (Å²) in [6.45, 7) is 0. The lowest BCUT2D eigenvalue weighted by molar-refractivity contribution is 0.414. The van der Waals surface area contributed by atoms with Crippen molar-refractivity contribution in [2.24, 2.45) is 0 Å². The zero-order valence-corrected chi connectivity index (χ0v) is 13.7. The van der Waals surface area contributed by atoms with E-state index < -0.39 is 23.0 Å². The minimum absolute atomic E-state index is 0.0942. The van der Waals surface area contributed by atoms with Gasteiger partial charge in [-0.25, -0.2) is 18.2 Å². The van der Waals surface area contributed by atoms with Crippen LogP contribution in [0.1, 0.15) is 0 Å². The van der Waals surface area contributed by atoms with Crippen molar-refractivity contribution < 1.29 is 17.9 Å². The Balaban J connectivity index is 2.27. The van der Waals surface area contributed by atoms with Gasteiger partial charge in [0.1, 0.15) is 23.2 Å². The Labute approximate surface area is 145 Å². The third-order valence-corrected chi connectivity index (χ3v) is 3.89. The predicted octanol–water partition coefficient (Wildman–Crippen LogP) is 5.27. The molecule has 2 aromatic carbocycles. The lowest BCUT2D eigenvalue weighted by Crippen LogP contribution is -2.01. The van der Waals surface area contributed by atoms with Gasteiger partial charge in [-0.15, -0.1) is 0 Å². The largest absolute Gasteiger partial charge is 0.497 e. The van der Waals surface area contributed by atoms with Crippen LogP contribution in [0.5, 0.6) is 5.75 Å². The summed E-state index contributed by atoms with van der Waals surface area (Å²) in [6.07, 6.45) is 0. The van der Waals surface area contributed by atoms with Gasteiger partial charge in [0, 0.05) is 17.8 Å². The SMILES string of the molecule is COc1ccc(-n2c(Cl)nc(Cl)c2-c2c(F)cc(F)cc2F)cc1. The second kappa shape index (κ2) is 6.37. The Hall–Kier alpha value is -2.18. The molecule has 3 aromatic rings. The zero-order chi connectivity index (χ0) is 17.4. The Bertz CT molecular complexity index is 887. The summed E-state index contributed by atoms with van der Waals surface area (Å²) in [6, 6.07) is 7.64. The van der Waals surface area contributed by atoms with E-state index in [4.69, 9.17) is 27.9 Å². The van der Waals surface area contributed by atoms with E-state index in [2.05, 4.69) is 4.98 Å². The van der Waals surface area contributed by atoms with Crippen LogP contribution in [0.15, 0.2) is 36.4 Å². The predicted molar refractivity (Wildman–Crippen MR) is 85.4 cm³/mol. The standard InChI is InChI=1S/C16H9Cl2F3N2O/c1-24-10-4-2-9(3-5-10)23-14(15(17)22-16(23)18)13-11(20)6-8(19)7-12(13)21/h2-7H,1H3. The molecule has 0 bridgehead atoms. The van der Waals surface area contributed by atoms with Crippen LogP contribution in [0.25, 0.3) is 16.9 Å². The molecule has 3 rings (SSSR count). The lowest BCUT2D eigenvalue weighted by Gasteiger charge is -2.12. The Kier molecular flexibility index (Phi) is 4.43. The molecule has 0 aliphatic carbocycles. The maximum Gasteiger partial charge on any atom is 0.209 e. The maximum absolute atomic E-state index is 14.2. The molecule has 124 valence electrons. The van der Waals surface area contributed by atoms with Gasteiger partial charge in [0.05, 0.1) is 18.4 Å². The normalized spacial score (nSPS) is 10.9. The molecule has 1 heterocycles. The van der Waals surface area contributed by atoms with Gasteiger partial charge in [-0.1, -0.05) is 11.6 Å². The zero-order valence-electron chi connectivity index (χ0n) is 12.2. The molecule has 0 fully saturated rings. The fourth-order valence-corrected chi connectivity index (χ4v) is 2.89. The first-order chi connectivity index (χ1) is 11.4. The molecule has 0 saturated carbocycles. The molecule has 0 aliphatic rings. The van der Waals surface area contributed by atoms with Gasteiger partial charge < -0.3 is 4.74 Å². The molecular formula is C16H9Cl2F3N2O. The van der Waals surface area contributed by atoms with Gasteiger partial charge in [-0.2, -0.15) is 0 Å². The molecule has 24 heavy (non-hydrogen) atoms. The number of rotatable bonds is 3. The molecule has 0 unspecified atom stereocenters. The van der Waals surface area contributed by atoms with Crippen LogP contribution in [-0.2, 0) is 0 Å². The van der Waals surface area contributed by atoms with E-state index in [0.717, 1.165) is 0 Å². The summed E-state index contributed by atoms with van der Waals surface area (Å²) in [4.78, 5) is 3.85. The number of hydrogen-bond acceptors (Lipinski definition) is 2. The fraction of sp³-hybridized carbons (Fsp3) is 0.0625. The second-order valence-corrected chi connectivity index (χ2v) is 5.49. The minimum atomic E-state index is -1.11. The van der Waals surface area contributed by atoms with Crippen molar-refractivity contribution in [3.63, 3.8) is 0 Å². The first-order valence-electron chi connectivity index (χ1n) is 6.65. The molecule has 3 nitrogen and oxygen atoms in total. The summed E-state index contributed by atoms with van der Waals surface area (Å²) in [7, 11) is 1.50. The number of ether oxygens (including phenoxy) is 1. The van der Waals surface area contributed by atoms with Crippen molar-refractivity contribution >= 4 is 23.2 Å². The van der Waals surface area contributed by atoms with E-state index in [-0.39, 0.29) is 16.1 Å². The minimum Gasteiger partial charge on any atom is -0.497 e. The van der Waals surface area contributed by atoms with Crippen molar-refractivity contribution in [1.82, 2.24) is 9.55 Å². The smallest absolute Gasteiger partial charge is 0.209 e. The van der Waals surface area contributed by atoms with E-state index in [1.54, 1.807) is 24.3 Å². The first-order valence-corrected chi connectivity index (χ1v) is 7.41. The topological polar surface area (TPSA) is 27.1 Å². The number of methoxy groups -OCH3 is 1. The van der Waals surface area contributed by atoms with E-state index >= 15 is 0 Å². The molecule has 1 aromatic heterocycles. The molecule has 0 saturated heterocycles. The summed E-state index contributed by atoms with van der Waals surface area (Å²) in [5.74, 6) is -2.67. The highest BCUT2D eigenvalue weighted by Gasteiger charge is 2.24. The van der Waals surface area contributed by atoms with Crippen molar-refractivity contribution in [3.05, 3.63) is 64.3 Å². The molecular weight excluding hydrogens is 364 g/mol. The first kappa shape index (κ1) is 16.7. The van der Waals surface area contributed by atoms with E-state index in [0.29, 0.717) is 23.6 Å². The van der Waals surface area contributed by atoms with Gasteiger partial charge in [0.15, 0.2) is 5.15 Å². The molecule has 8 heteroatoms. The monoisotopic (exact) mass is 372 g/mol. The quantitative estimate of drug-likeness (QED) is 0.625. The summed E-state index contributed by atoms with van der Waals surface area (Å²) in [5.41, 5.74) is -0.170. The number of aromatic nitrogens is 2. The van der Waals surface area contributed by atoms with Gasteiger partial charge in [-0.3, -0.25) is 4.57 Å². The van der Waals surface area contributed by atoms with Crippen LogP contribution in [-0.4, -0.2) is 16.7 Å². The highest BCUT2D eigenvalue weighted by molar-refractivity contribution is 6.34. The number of imidazole rings is 1. The van der Waals surface area contributed by atoms with E-state index in [1.807, 2.05) is 0 Å². The molecule has 0 radical (unpaired) electrons. The average Bonchev–Trinajstić information content (AvgIpc) is 2.81. The molecule has 0 N–H and O–H groups in total. The average molecular weight is 373 g/mol. The third-order valence-electron chi connectivity index (χ3n) is 3.37. The van der Waals surface area contributed by atoms with Crippen molar-refractivity contribution in [2.45, 2.75) is 0 Å². The molecule has 0 atom stereocenters. The van der Waals surface area contributed by atoms with Gasteiger partial charge in [0.25, 0.3) is 0 Å². The number of hydrogen-bond donors (Lipinski definition) is 0. The van der Waals surface area contributed by atoms with Crippen molar-refractivity contribution in [2.75, 3.05) is 7.11 Å². The highest BCUT2D eigenvalue weighted by Crippen LogP contribution is 2.37. The number of halogens is 5. The molecule has 0 spiro atoms. The lowest BCUT2D eigenvalue weighted by atomic mass is 10.1. The summed E-state index contributed by atoms with van der Waals surface area (Å²) < 4.78 is 47.8. The second-order valence-electron chi connectivity index (χ2n) is 4.80. The molecule has 0 amide bonds. The Morgan fingerprint density at radius 3 is 2.12 bits per heavy atom. The van der Waals surface area contributed by atoms with Gasteiger partial charge in [-0.05, 0) is 35.9 Å². The maximum atomic E-state index is 14.2. The van der Waals surface area contributed by atoms with E-state index in [1.165, 1.54) is 11.7 Å². The van der Waals surface area contributed by atoms with Crippen LogP contribution in [0.3, 0.4) is 0 Å². The van der Waals surface area contributed by atoms with Crippen molar-refractivity contribution in [3.8, 4) is 22.7 Å². The Morgan fingerprint density at radius 2 is 1.58 bits per heavy atom. The summed E-state index contributed by atoms with van der Waals surface area (Å²) in [5, 5.41) is -0.302.